The van der Waals surface area contributed by atoms with Gasteiger partial charge in [0.25, 0.3) is 0 Å². The summed E-state index contributed by atoms with van der Waals surface area (Å²) in [5.74, 6) is 0.829. The molecule has 1 aliphatic carbocycles. The maximum absolute atomic E-state index is 9.99. The molecule has 3 heteroatoms. The van der Waals surface area contributed by atoms with E-state index in [1.165, 1.54) is 12.8 Å². The number of hydrogen-bond acceptors (Lipinski definition) is 2. The maximum atomic E-state index is 9.99. The van der Waals surface area contributed by atoms with E-state index < -0.39 is 6.10 Å². The van der Waals surface area contributed by atoms with Crippen molar-refractivity contribution >= 4 is 11.6 Å². The van der Waals surface area contributed by atoms with Crippen molar-refractivity contribution in [1.29, 1.82) is 0 Å². The third-order valence-electron chi connectivity index (χ3n) is 3.24. The second-order valence-corrected chi connectivity index (χ2v) is 5.13. The van der Waals surface area contributed by atoms with Crippen LogP contribution in [0.2, 0.25) is 5.02 Å². The molecule has 0 amide bonds. The quantitative estimate of drug-likeness (QED) is 0.847. The molecule has 1 aromatic carbocycles. The normalized spacial score (nSPS) is 26.2. The number of aliphatic hydroxyl groups excluding tert-OH is 1. The van der Waals surface area contributed by atoms with Gasteiger partial charge >= 0.3 is 0 Å². The van der Waals surface area contributed by atoms with Crippen molar-refractivity contribution in [3.05, 3.63) is 34.9 Å². The fourth-order valence-electron chi connectivity index (χ4n) is 2.20. The molecule has 1 atom stereocenters. The molecule has 1 unspecified atom stereocenters. The average Bonchev–Trinajstić information content (AvgIpc) is 2.23. The summed E-state index contributed by atoms with van der Waals surface area (Å²) in [6.07, 6.45) is 1.93. The monoisotopic (exact) mass is 239 g/mol. The summed E-state index contributed by atoms with van der Waals surface area (Å²) in [5.41, 5.74) is 0.809. The van der Waals surface area contributed by atoms with Gasteiger partial charge in [-0.1, -0.05) is 36.7 Å². The van der Waals surface area contributed by atoms with E-state index in [1.54, 1.807) is 0 Å². The Kier molecular flexibility index (Phi) is 3.85. The van der Waals surface area contributed by atoms with Gasteiger partial charge in [-0.25, -0.2) is 0 Å². The molecule has 88 valence electrons. The Balaban J connectivity index is 1.84. The largest absolute Gasteiger partial charge is 0.387 e. The van der Waals surface area contributed by atoms with Gasteiger partial charge in [0.05, 0.1) is 6.10 Å². The van der Waals surface area contributed by atoms with Crippen LogP contribution in [-0.2, 0) is 0 Å². The van der Waals surface area contributed by atoms with Crippen molar-refractivity contribution in [2.24, 2.45) is 5.92 Å². The van der Waals surface area contributed by atoms with E-state index in [0.717, 1.165) is 11.5 Å². The number of nitrogens with one attached hydrogen (secondary N) is 1. The minimum Gasteiger partial charge on any atom is -0.387 e. The molecule has 0 radical (unpaired) electrons. The van der Waals surface area contributed by atoms with Gasteiger partial charge in [-0.3, -0.25) is 0 Å². The average molecular weight is 240 g/mol. The number of aliphatic hydroxyl groups is 1. The van der Waals surface area contributed by atoms with Crippen LogP contribution in [0.15, 0.2) is 24.3 Å². The molecule has 0 heterocycles. The molecule has 0 spiro atoms. The number of rotatable bonds is 4. The van der Waals surface area contributed by atoms with Crippen LogP contribution in [0.25, 0.3) is 0 Å². The smallest absolute Gasteiger partial charge is 0.0928 e. The summed E-state index contributed by atoms with van der Waals surface area (Å²) in [5, 5.41) is 14.0. The van der Waals surface area contributed by atoms with Crippen molar-refractivity contribution < 1.29 is 5.11 Å². The molecular weight excluding hydrogens is 222 g/mol. The van der Waals surface area contributed by atoms with Crippen molar-refractivity contribution in [3.63, 3.8) is 0 Å². The van der Waals surface area contributed by atoms with E-state index >= 15 is 0 Å². The van der Waals surface area contributed by atoms with E-state index in [1.807, 2.05) is 24.3 Å². The topological polar surface area (TPSA) is 32.3 Å². The Morgan fingerprint density at radius 3 is 2.75 bits per heavy atom. The van der Waals surface area contributed by atoms with Gasteiger partial charge in [0.15, 0.2) is 0 Å². The van der Waals surface area contributed by atoms with Gasteiger partial charge in [-0.15, -0.1) is 0 Å². The van der Waals surface area contributed by atoms with Gasteiger partial charge in [0.2, 0.25) is 0 Å². The van der Waals surface area contributed by atoms with Crippen LogP contribution in [0, 0.1) is 5.92 Å². The summed E-state index contributed by atoms with van der Waals surface area (Å²) in [6.45, 7) is 2.84. The minimum absolute atomic E-state index is 0.510. The van der Waals surface area contributed by atoms with Crippen molar-refractivity contribution in [2.45, 2.75) is 31.9 Å². The zero-order chi connectivity index (χ0) is 11.5. The first kappa shape index (κ1) is 11.9. The fraction of sp³-hybridized carbons (Fsp3) is 0.538. The predicted octanol–water partition coefficient (Wildman–Crippen LogP) is 2.76. The Hall–Kier alpha value is -0.570. The summed E-state index contributed by atoms with van der Waals surface area (Å²) in [7, 11) is 0. The molecule has 1 aliphatic rings. The molecule has 0 aromatic heterocycles. The van der Waals surface area contributed by atoms with Crippen LogP contribution in [0.5, 0.6) is 0 Å². The Bertz CT molecular complexity index is 350. The molecule has 2 rings (SSSR count). The molecule has 0 bridgehead atoms. The van der Waals surface area contributed by atoms with Gasteiger partial charge in [-0.05, 0) is 24.8 Å². The second kappa shape index (κ2) is 5.17. The molecule has 1 fully saturated rings. The summed E-state index contributed by atoms with van der Waals surface area (Å²) in [4.78, 5) is 0. The number of halogens is 1. The summed E-state index contributed by atoms with van der Waals surface area (Å²) >= 11 is 6.02. The molecule has 2 nitrogen and oxygen atoms in total. The molecule has 2 N–H and O–H groups in total. The highest BCUT2D eigenvalue weighted by atomic mass is 35.5. The molecule has 1 aromatic rings. The minimum atomic E-state index is -0.510. The van der Waals surface area contributed by atoms with E-state index in [2.05, 4.69) is 12.2 Å². The molecule has 0 saturated heterocycles. The van der Waals surface area contributed by atoms with Crippen LogP contribution in [0.1, 0.15) is 31.4 Å². The molecule has 1 saturated carbocycles. The lowest BCUT2D eigenvalue weighted by Gasteiger charge is -2.34. The standard InChI is InChI=1S/C13H18ClNO/c1-9-6-10(7-9)15-8-13(16)11-4-2-3-5-12(11)14/h2-5,9-10,13,15-16H,6-8H2,1H3. The number of benzene rings is 1. The Labute approximate surface area is 102 Å². The van der Waals surface area contributed by atoms with Crippen molar-refractivity contribution in [3.8, 4) is 0 Å². The van der Waals surface area contributed by atoms with Crippen LogP contribution < -0.4 is 5.32 Å². The first-order valence-corrected chi connectivity index (χ1v) is 6.20. The third-order valence-corrected chi connectivity index (χ3v) is 3.58. The van der Waals surface area contributed by atoms with Gasteiger partial charge in [0, 0.05) is 23.2 Å². The first-order chi connectivity index (χ1) is 7.66. The lowest BCUT2D eigenvalue weighted by Crippen LogP contribution is -2.41. The van der Waals surface area contributed by atoms with E-state index in [4.69, 9.17) is 11.6 Å². The van der Waals surface area contributed by atoms with Crippen LogP contribution in [0.4, 0.5) is 0 Å². The van der Waals surface area contributed by atoms with Crippen LogP contribution in [-0.4, -0.2) is 17.7 Å². The van der Waals surface area contributed by atoms with E-state index in [0.29, 0.717) is 17.6 Å². The maximum Gasteiger partial charge on any atom is 0.0928 e. The first-order valence-electron chi connectivity index (χ1n) is 5.82. The lowest BCUT2D eigenvalue weighted by atomic mass is 9.82. The zero-order valence-corrected chi connectivity index (χ0v) is 10.2. The molecule has 0 aliphatic heterocycles. The van der Waals surface area contributed by atoms with Gasteiger partial charge in [0.1, 0.15) is 0 Å². The fourth-order valence-corrected chi connectivity index (χ4v) is 2.46. The van der Waals surface area contributed by atoms with Crippen LogP contribution in [0.3, 0.4) is 0 Å². The summed E-state index contributed by atoms with van der Waals surface area (Å²) in [6, 6.07) is 8.03. The Morgan fingerprint density at radius 2 is 2.12 bits per heavy atom. The van der Waals surface area contributed by atoms with Gasteiger partial charge in [-0.2, -0.15) is 0 Å². The highest BCUT2D eigenvalue weighted by Crippen LogP contribution is 2.27. The Morgan fingerprint density at radius 1 is 1.44 bits per heavy atom. The van der Waals surface area contributed by atoms with E-state index in [-0.39, 0.29) is 0 Å². The predicted molar refractivity (Wildman–Crippen MR) is 66.6 cm³/mol. The lowest BCUT2D eigenvalue weighted by molar-refractivity contribution is 0.150. The molecule has 16 heavy (non-hydrogen) atoms. The van der Waals surface area contributed by atoms with Crippen molar-refractivity contribution in [1.82, 2.24) is 5.32 Å². The molecular formula is C13H18ClNO. The third kappa shape index (κ3) is 2.76. The highest BCUT2D eigenvalue weighted by molar-refractivity contribution is 6.31. The summed E-state index contributed by atoms with van der Waals surface area (Å²) < 4.78 is 0. The highest BCUT2D eigenvalue weighted by Gasteiger charge is 2.25. The number of hydrogen-bond donors (Lipinski definition) is 2. The van der Waals surface area contributed by atoms with Crippen LogP contribution >= 0.6 is 11.6 Å². The SMILES string of the molecule is CC1CC(NCC(O)c2ccccc2Cl)C1. The van der Waals surface area contributed by atoms with Crippen molar-refractivity contribution in [2.75, 3.05) is 6.54 Å². The van der Waals surface area contributed by atoms with Gasteiger partial charge < -0.3 is 10.4 Å². The van der Waals surface area contributed by atoms with E-state index in [9.17, 15) is 5.11 Å². The zero-order valence-electron chi connectivity index (χ0n) is 9.49. The second-order valence-electron chi connectivity index (χ2n) is 4.72.